The van der Waals surface area contributed by atoms with Crippen molar-refractivity contribution in [2.75, 3.05) is 0 Å². The number of unbranched alkanes of at least 4 members (excludes halogenated alkanes) is 1. The maximum Gasteiger partial charge on any atom is 0.159 e. The minimum absolute atomic E-state index is 0.372. The smallest absolute Gasteiger partial charge is 0.159 e. The Morgan fingerprint density at radius 2 is 1.62 bits per heavy atom. The summed E-state index contributed by atoms with van der Waals surface area (Å²) >= 11 is 0. The molecule has 0 heterocycles. The van der Waals surface area contributed by atoms with Crippen LogP contribution in [0.5, 0.6) is 0 Å². The van der Waals surface area contributed by atoms with Crippen LogP contribution in [-0.4, -0.2) is 0 Å². The van der Waals surface area contributed by atoms with Crippen molar-refractivity contribution in [3.8, 4) is 0 Å². The highest BCUT2D eigenvalue weighted by Crippen LogP contribution is 2.35. The van der Waals surface area contributed by atoms with E-state index in [1.165, 1.54) is 46.9 Å². The summed E-state index contributed by atoms with van der Waals surface area (Å²) in [7, 11) is 0. The van der Waals surface area contributed by atoms with Crippen molar-refractivity contribution in [3.05, 3.63) is 82.4 Å². The molecule has 1 aliphatic rings. The predicted molar refractivity (Wildman–Crippen MR) is 104 cm³/mol. The van der Waals surface area contributed by atoms with Crippen LogP contribution >= 0.6 is 0 Å². The van der Waals surface area contributed by atoms with E-state index in [1.807, 2.05) is 0 Å². The highest BCUT2D eigenvalue weighted by Gasteiger charge is 2.22. The molecule has 0 aliphatic heterocycles. The van der Waals surface area contributed by atoms with Gasteiger partial charge in [0.05, 0.1) is 0 Å². The van der Waals surface area contributed by atoms with E-state index in [0.717, 1.165) is 36.8 Å². The molecule has 0 nitrogen and oxygen atoms in total. The Morgan fingerprint density at radius 3 is 2.42 bits per heavy atom. The molecule has 0 fully saturated rings. The molecule has 0 N–H and O–H groups in total. The van der Waals surface area contributed by atoms with Gasteiger partial charge in [0.1, 0.15) is 0 Å². The Morgan fingerprint density at radius 1 is 0.885 bits per heavy atom. The fourth-order valence-corrected chi connectivity index (χ4v) is 4.14. The Bertz CT molecular complexity index is 942. The maximum atomic E-state index is 13.6. The normalized spacial score (nSPS) is 16.7. The van der Waals surface area contributed by atoms with Crippen molar-refractivity contribution < 1.29 is 8.78 Å². The molecule has 4 rings (SSSR count). The molecule has 0 bridgehead atoms. The summed E-state index contributed by atoms with van der Waals surface area (Å²) in [5.74, 6) is -1.09. The summed E-state index contributed by atoms with van der Waals surface area (Å²) in [6.07, 6.45) is 6.15. The zero-order valence-corrected chi connectivity index (χ0v) is 15.2. The van der Waals surface area contributed by atoms with Crippen LogP contribution in [0.15, 0.2) is 48.5 Å². The number of halogens is 2. The molecule has 1 unspecified atom stereocenters. The van der Waals surface area contributed by atoms with E-state index in [1.54, 1.807) is 0 Å². The van der Waals surface area contributed by atoms with E-state index in [-0.39, 0.29) is 0 Å². The van der Waals surface area contributed by atoms with E-state index in [2.05, 4.69) is 43.3 Å². The molecule has 0 amide bonds. The first-order valence-corrected chi connectivity index (χ1v) is 9.63. The van der Waals surface area contributed by atoms with Gasteiger partial charge < -0.3 is 0 Å². The molecule has 0 spiro atoms. The van der Waals surface area contributed by atoms with Crippen LogP contribution in [0.1, 0.15) is 54.4 Å². The van der Waals surface area contributed by atoms with Gasteiger partial charge in [-0.3, -0.25) is 0 Å². The average molecular weight is 350 g/mol. The van der Waals surface area contributed by atoms with E-state index in [4.69, 9.17) is 0 Å². The van der Waals surface area contributed by atoms with E-state index in [0.29, 0.717) is 5.92 Å². The quantitative estimate of drug-likeness (QED) is 0.489. The van der Waals surface area contributed by atoms with Gasteiger partial charge in [0, 0.05) is 0 Å². The minimum atomic E-state index is -0.734. The van der Waals surface area contributed by atoms with Gasteiger partial charge in [-0.25, -0.2) is 8.78 Å². The van der Waals surface area contributed by atoms with Crippen LogP contribution < -0.4 is 0 Å². The SMILES string of the molecule is CCCCc1ccc2cc(C3CCc4cc(F)c(F)cc4C3)ccc2c1. The fourth-order valence-electron chi connectivity index (χ4n) is 4.14. The maximum absolute atomic E-state index is 13.6. The van der Waals surface area contributed by atoms with Crippen molar-refractivity contribution in [3.63, 3.8) is 0 Å². The van der Waals surface area contributed by atoms with Crippen molar-refractivity contribution in [1.29, 1.82) is 0 Å². The van der Waals surface area contributed by atoms with Gasteiger partial charge in [-0.1, -0.05) is 49.7 Å². The number of hydrogen-bond acceptors (Lipinski definition) is 0. The lowest BCUT2D eigenvalue weighted by atomic mass is 9.79. The summed E-state index contributed by atoms with van der Waals surface area (Å²) in [4.78, 5) is 0. The molecule has 3 aromatic rings. The standard InChI is InChI=1S/C24H24F2/c1-2-3-4-16-5-6-18-12-19(8-7-17(18)11-16)20-9-10-21-14-23(25)24(26)15-22(21)13-20/h5-8,11-12,14-15,20H,2-4,9-10,13H2,1H3. The second-order valence-electron chi connectivity index (χ2n) is 7.52. The molecule has 0 aromatic heterocycles. The molecule has 1 atom stereocenters. The number of benzene rings is 3. The third-order valence-corrected chi connectivity index (χ3v) is 5.69. The van der Waals surface area contributed by atoms with Gasteiger partial charge >= 0.3 is 0 Å². The zero-order chi connectivity index (χ0) is 18.1. The largest absolute Gasteiger partial charge is 0.204 e. The molecule has 0 radical (unpaired) electrons. The summed E-state index contributed by atoms with van der Waals surface area (Å²) in [5.41, 5.74) is 4.61. The number of rotatable bonds is 4. The minimum Gasteiger partial charge on any atom is -0.204 e. The highest BCUT2D eigenvalue weighted by molar-refractivity contribution is 5.84. The number of aryl methyl sites for hydroxylation is 2. The monoisotopic (exact) mass is 350 g/mol. The van der Waals surface area contributed by atoms with Crippen molar-refractivity contribution in [1.82, 2.24) is 0 Å². The van der Waals surface area contributed by atoms with E-state index >= 15 is 0 Å². The second kappa shape index (κ2) is 7.19. The third-order valence-electron chi connectivity index (χ3n) is 5.69. The van der Waals surface area contributed by atoms with Crippen LogP contribution in [0.4, 0.5) is 8.78 Å². The molecule has 2 heteroatoms. The lowest BCUT2D eigenvalue weighted by Crippen LogP contribution is -2.13. The van der Waals surface area contributed by atoms with Gasteiger partial charge in [-0.15, -0.1) is 0 Å². The van der Waals surface area contributed by atoms with Crippen LogP contribution in [0.2, 0.25) is 0 Å². The topological polar surface area (TPSA) is 0 Å². The average Bonchev–Trinajstić information content (AvgIpc) is 2.66. The molecule has 134 valence electrons. The highest BCUT2D eigenvalue weighted by atomic mass is 19.2. The first kappa shape index (κ1) is 17.2. The van der Waals surface area contributed by atoms with Crippen LogP contribution in [0.3, 0.4) is 0 Å². The second-order valence-corrected chi connectivity index (χ2v) is 7.52. The molecule has 0 saturated carbocycles. The molecular formula is C24H24F2. The molecular weight excluding hydrogens is 326 g/mol. The van der Waals surface area contributed by atoms with Crippen molar-refractivity contribution in [2.45, 2.75) is 51.4 Å². The van der Waals surface area contributed by atoms with Gasteiger partial charge in [-0.05, 0) is 83.2 Å². The molecule has 3 aromatic carbocycles. The van der Waals surface area contributed by atoms with E-state index in [9.17, 15) is 8.78 Å². The summed E-state index contributed by atoms with van der Waals surface area (Å²) in [5, 5.41) is 2.55. The summed E-state index contributed by atoms with van der Waals surface area (Å²) in [6.45, 7) is 2.22. The Labute approximate surface area is 153 Å². The molecule has 1 aliphatic carbocycles. The number of fused-ring (bicyclic) bond motifs is 2. The lowest BCUT2D eigenvalue weighted by molar-refractivity contribution is 0.496. The third kappa shape index (κ3) is 3.38. The van der Waals surface area contributed by atoms with Crippen LogP contribution in [-0.2, 0) is 19.3 Å². The van der Waals surface area contributed by atoms with Gasteiger partial charge in [0.25, 0.3) is 0 Å². The number of hydrogen-bond donors (Lipinski definition) is 0. The molecule has 0 saturated heterocycles. The van der Waals surface area contributed by atoms with Crippen LogP contribution in [0.25, 0.3) is 10.8 Å². The van der Waals surface area contributed by atoms with Crippen LogP contribution in [0, 0.1) is 11.6 Å². The van der Waals surface area contributed by atoms with Gasteiger partial charge in [0.15, 0.2) is 11.6 Å². The Kier molecular flexibility index (Phi) is 4.76. The molecule has 26 heavy (non-hydrogen) atoms. The van der Waals surface area contributed by atoms with Gasteiger partial charge in [-0.2, -0.15) is 0 Å². The lowest BCUT2D eigenvalue weighted by Gasteiger charge is -2.25. The van der Waals surface area contributed by atoms with Crippen molar-refractivity contribution >= 4 is 10.8 Å². The van der Waals surface area contributed by atoms with Gasteiger partial charge in [0.2, 0.25) is 0 Å². The Balaban J connectivity index is 1.59. The summed E-state index contributed by atoms with van der Waals surface area (Å²) in [6, 6.07) is 16.2. The first-order chi connectivity index (χ1) is 12.6. The fraction of sp³-hybridized carbons (Fsp3) is 0.333. The Hall–Kier alpha value is -2.22. The summed E-state index contributed by atoms with van der Waals surface area (Å²) < 4.78 is 27.0. The zero-order valence-electron chi connectivity index (χ0n) is 15.2. The van der Waals surface area contributed by atoms with Crippen molar-refractivity contribution in [2.24, 2.45) is 0 Å². The predicted octanol–water partition coefficient (Wildman–Crippen LogP) is 6.73. The van der Waals surface area contributed by atoms with E-state index < -0.39 is 11.6 Å². The first-order valence-electron chi connectivity index (χ1n) is 9.63.